The van der Waals surface area contributed by atoms with E-state index >= 15 is 0 Å². The standard InChI is InChI=1S/C23H24N4O/c1-14-6-5-9-19-20(14)26-22(25-19)16-10-12-27(13-11-16)23(28)21-15(2)17-7-3-4-8-18(17)24-21/h3-9,16,24H,10-13H2,1-2H3,(H,25,26). The molecule has 2 aromatic heterocycles. The monoisotopic (exact) mass is 372 g/mol. The van der Waals surface area contributed by atoms with Crippen LogP contribution in [0.25, 0.3) is 21.9 Å². The van der Waals surface area contributed by atoms with E-state index in [0.717, 1.165) is 64.9 Å². The van der Waals surface area contributed by atoms with Gasteiger partial charge >= 0.3 is 0 Å². The zero-order valence-electron chi connectivity index (χ0n) is 16.2. The van der Waals surface area contributed by atoms with E-state index in [2.05, 4.69) is 41.2 Å². The number of aromatic nitrogens is 3. The number of hydrogen-bond donors (Lipinski definition) is 2. The second-order valence-corrected chi connectivity index (χ2v) is 7.83. The first-order valence-electron chi connectivity index (χ1n) is 9.93. The molecule has 1 fully saturated rings. The Hall–Kier alpha value is -3.08. The predicted octanol–water partition coefficient (Wildman–Crippen LogP) is 4.68. The SMILES string of the molecule is Cc1c(C(=O)N2CCC(c3nc4c(C)cccc4[nH]3)CC2)[nH]c2ccccc12. The molecule has 3 heterocycles. The molecule has 0 spiro atoms. The Morgan fingerprint density at radius 1 is 1.00 bits per heavy atom. The summed E-state index contributed by atoms with van der Waals surface area (Å²) in [5, 5.41) is 1.12. The Labute approximate surface area is 163 Å². The molecule has 0 atom stereocenters. The number of nitrogens with one attached hydrogen (secondary N) is 2. The molecule has 142 valence electrons. The smallest absolute Gasteiger partial charge is 0.270 e. The summed E-state index contributed by atoms with van der Waals surface area (Å²) in [6, 6.07) is 14.3. The van der Waals surface area contributed by atoms with Gasteiger partial charge in [-0.3, -0.25) is 4.79 Å². The number of H-pyrrole nitrogens is 2. The number of aryl methyl sites for hydroxylation is 2. The zero-order valence-corrected chi connectivity index (χ0v) is 16.2. The fraction of sp³-hybridized carbons (Fsp3) is 0.304. The summed E-state index contributed by atoms with van der Waals surface area (Å²) in [6.45, 7) is 5.63. The molecule has 4 aromatic rings. The molecule has 28 heavy (non-hydrogen) atoms. The average Bonchev–Trinajstić information content (AvgIpc) is 3.31. The van der Waals surface area contributed by atoms with Gasteiger partial charge in [0.05, 0.1) is 11.0 Å². The molecule has 1 aliphatic heterocycles. The number of carbonyl (C=O) groups is 1. The number of para-hydroxylation sites is 2. The second kappa shape index (κ2) is 6.51. The van der Waals surface area contributed by atoms with Gasteiger partial charge in [0.2, 0.25) is 0 Å². The topological polar surface area (TPSA) is 64.8 Å². The van der Waals surface area contributed by atoms with E-state index in [1.54, 1.807) is 0 Å². The molecule has 2 N–H and O–H groups in total. The second-order valence-electron chi connectivity index (χ2n) is 7.83. The van der Waals surface area contributed by atoms with E-state index in [-0.39, 0.29) is 5.91 Å². The molecule has 5 heteroatoms. The molecule has 0 bridgehead atoms. The molecule has 5 nitrogen and oxygen atoms in total. The summed E-state index contributed by atoms with van der Waals surface area (Å²) >= 11 is 0. The fourth-order valence-corrected chi connectivity index (χ4v) is 4.40. The number of benzene rings is 2. The molecule has 2 aromatic carbocycles. The van der Waals surface area contributed by atoms with E-state index in [9.17, 15) is 4.79 Å². The van der Waals surface area contributed by atoms with E-state index in [1.165, 1.54) is 5.56 Å². The average molecular weight is 372 g/mol. The van der Waals surface area contributed by atoms with E-state index in [0.29, 0.717) is 5.92 Å². The molecule has 1 saturated heterocycles. The van der Waals surface area contributed by atoms with Crippen molar-refractivity contribution in [2.75, 3.05) is 13.1 Å². The number of likely N-dealkylation sites (tertiary alicyclic amines) is 1. The highest BCUT2D eigenvalue weighted by molar-refractivity contribution is 6.00. The van der Waals surface area contributed by atoms with Crippen LogP contribution in [0.4, 0.5) is 0 Å². The van der Waals surface area contributed by atoms with Crippen LogP contribution in [-0.2, 0) is 0 Å². The van der Waals surface area contributed by atoms with Gasteiger partial charge in [-0.2, -0.15) is 0 Å². The van der Waals surface area contributed by atoms with Gasteiger partial charge in [-0.25, -0.2) is 4.98 Å². The number of aromatic amines is 2. The van der Waals surface area contributed by atoms with Crippen LogP contribution < -0.4 is 0 Å². The van der Waals surface area contributed by atoms with Crippen molar-refractivity contribution in [3.8, 4) is 0 Å². The van der Waals surface area contributed by atoms with Crippen molar-refractivity contribution in [3.63, 3.8) is 0 Å². The van der Waals surface area contributed by atoms with Crippen molar-refractivity contribution in [1.82, 2.24) is 19.9 Å². The maximum atomic E-state index is 13.1. The van der Waals surface area contributed by atoms with Gasteiger partial charge in [0.15, 0.2) is 0 Å². The molecule has 0 radical (unpaired) electrons. The molecular weight excluding hydrogens is 348 g/mol. The zero-order chi connectivity index (χ0) is 19.3. The molecule has 1 amide bonds. The van der Waals surface area contributed by atoms with E-state index in [4.69, 9.17) is 4.98 Å². The van der Waals surface area contributed by atoms with Gasteiger partial charge in [0.25, 0.3) is 5.91 Å². The van der Waals surface area contributed by atoms with Crippen molar-refractivity contribution in [3.05, 3.63) is 65.1 Å². The maximum Gasteiger partial charge on any atom is 0.270 e. The molecule has 5 rings (SSSR count). The van der Waals surface area contributed by atoms with E-state index < -0.39 is 0 Å². The summed E-state index contributed by atoms with van der Waals surface area (Å²) in [5.41, 5.74) is 6.14. The van der Waals surface area contributed by atoms with Gasteiger partial charge in [0.1, 0.15) is 11.5 Å². The van der Waals surface area contributed by atoms with Gasteiger partial charge in [-0.1, -0.05) is 30.3 Å². The third-order valence-corrected chi connectivity index (χ3v) is 6.08. The third-order valence-electron chi connectivity index (χ3n) is 6.08. The molecule has 0 saturated carbocycles. The van der Waals surface area contributed by atoms with Crippen molar-refractivity contribution in [2.45, 2.75) is 32.6 Å². The molecule has 0 unspecified atom stereocenters. The normalized spacial score (nSPS) is 15.6. The van der Waals surface area contributed by atoms with Crippen LogP contribution in [0.3, 0.4) is 0 Å². The predicted molar refractivity (Wildman–Crippen MR) is 112 cm³/mol. The number of piperidine rings is 1. The molecule has 0 aliphatic carbocycles. The third kappa shape index (κ3) is 2.70. The summed E-state index contributed by atoms with van der Waals surface area (Å²) in [6.07, 6.45) is 1.87. The number of imidazole rings is 1. The first kappa shape index (κ1) is 17.0. The number of fused-ring (bicyclic) bond motifs is 2. The van der Waals surface area contributed by atoms with Crippen LogP contribution in [-0.4, -0.2) is 38.8 Å². The lowest BCUT2D eigenvalue weighted by atomic mass is 9.96. The lowest BCUT2D eigenvalue weighted by Gasteiger charge is -2.31. The Morgan fingerprint density at radius 3 is 2.50 bits per heavy atom. The van der Waals surface area contributed by atoms with Crippen molar-refractivity contribution in [2.24, 2.45) is 0 Å². The summed E-state index contributed by atoms with van der Waals surface area (Å²) < 4.78 is 0. The largest absolute Gasteiger partial charge is 0.350 e. The highest BCUT2D eigenvalue weighted by Gasteiger charge is 2.28. The van der Waals surface area contributed by atoms with E-state index in [1.807, 2.05) is 30.0 Å². The minimum Gasteiger partial charge on any atom is -0.350 e. The summed E-state index contributed by atoms with van der Waals surface area (Å²) in [7, 11) is 0. The first-order chi connectivity index (χ1) is 13.6. The Bertz CT molecular complexity index is 1180. The molecule has 1 aliphatic rings. The highest BCUT2D eigenvalue weighted by Crippen LogP contribution is 2.30. The minimum atomic E-state index is 0.104. The van der Waals surface area contributed by atoms with Crippen LogP contribution in [0.15, 0.2) is 42.5 Å². The number of rotatable bonds is 2. The minimum absolute atomic E-state index is 0.104. The van der Waals surface area contributed by atoms with Crippen molar-refractivity contribution in [1.29, 1.82) is 0 Å². The summed E-state index contributed by atoms with van der Waals surface area (Å²) in [5.74, 6) is 1.53. The van der Waals surface area contributed by atoms with Gasteiger partial charge in [-0.15, -0.1) is 0 Å². The van der Waals surface area contributed by atoms with Crippen molar-refractivity contribution >= 4 is 27.8 Å². The maximum absolute atomic E-state index is 13.1. The number of carbonyl (C=O) groups excluding carboxylic acids is 1. The van der Waals surface area contributed by atoms with Gasteiger partial charge in [0, 0.05) is 29.9 Å². The Morgan fingerprint density at radius 2 is 1.75 bits per heavy atom. The van der Waals surface area contributed by atoms with Gasteiger partial charge < -0.3 is 14.9 Å². The highest BCUT2D eigenvalue weighted by atomic mass is 16.2. The van der Waals surface area contributed by atoms with Crippen LogP contribution in [0.5, 0.6) is 0 Å². The quantitative estimate of drug-likeness (QED) is 0.536. The lowest BCUT2D eigenvalue weighted by molar-refractivity contribution is 0.0705. The Balaban J connectivity index is 1.34. The number of amides is 1. The van der Waals surface area contributed by atoms with Crippen LogP contribution in [0, 0.1) is 13.8 Å². The van der Waals surface area contributed by atoms with Crippen LogP contribution in [0.2, 0.25) is 0 Å². The number of nitrogens with zero attached hydrogens (tertiary/aromatic N) is 2. The number of hydrogen-bond acceptors (Lipinski definition) is 2. The van der Waals surface area contributed by atoms with Crippen molar-refractivity contribution < 1.29 is 4.79 Å². The van der Waals surface area contributed by atoms with Crippen LogP contribution >= 0.6 is 0 Å². The van der Waals surface area contributed by atoms with Crippen LogP contribution in [0.1, 0.15) is 46.2 Å². The van der Waals surface area contributed by atoms with Gasteiger partial charge in [-0.05, 0) is 49.9 Å². The molecular formula is C23H24N4O. The fourth-order valence-electron chi connectivity index (χ4n) is 4.40. The first-order valence-corrected chi connectivity index (χ1v) is 9.93. The Kier molecular flexibility index (Phi) is 3.97. The summed E-state index contributed by atoms with van der Waals surface area (Å²) in [4.78, 5) is 26.7. The lowest BCUT2D eigenvalue weighted by Crippen LogP contribution is -2.38.